The van der Waals surface area contributed by atoms with E-state index >= 15 is 0 Å². The summed E-state index contributed by atoms with van der Waals surface area (Å²) in [7, 11) is -3.31. The van der Waals surface area contributed by atoms with E-state index in [1.54, 1.807) is 6.92 Å². The molecule has 1 amide bonds. The third kappa shape index (κ3) is 8.07. The number of hydrogen-bond donors (Lipinski definition) is 2. The Balaban J connectivity index is 3.80. The highest BCUT2D eigenvalue weighted by atomic mass is 32.2. The van der Waals surface area contributed by atoms with Crippen molar-refractivity contribution in [1.82, 2.24) is 10.0 Å². The smallest absolute Gasteiger partial charge is 0.227 e. The first kappa shape index (κ1) is 14.1. The van der Waals surface area contributed by atoms with Crippen LogP contribution < -0.4 is 10.0 Å². The average molecular weight is 236 g/mol. The summed E-state index contributed by atoms with van der Waals surface area (Å²) in [4.78, 5) is 21.5. The molecule has 0 heterocycles. The molecule has 0 aromatic heterocycles. The van der Waals surface area contributed by atoms with Gasteiger partial charge in [-0.05, 0) is 6.92 Å². The first-order valence-electron chi connectivity index (χ1n) is 4.61. The van der Waals surface area contributed by atoms with E-state index in [1.165, 1.54) is 6.92 Å². The molecule has 0 aromatic rings. The first-order valence-corrected chi connectivity index (χ1v) is 6.26. The predicted molar refractivity (Wildman–Crippen MR) is 55.8 cm³/mol. The van der Waals surface area contributed by atoms with Gasteiger partial charge in [0.15, 0.2) is 0 Å². The number of nitrogens with one attached hydrogen (secondary N) is 2. The number of carbonyl (C=O) groups excluding carboxylic acids is 2. The van der Waals surface area contributed by atoms with Gasteiger partial charge in [-0.15, -0.1) is 0 Å². The molecule has 0 fully saturated rings. The predicted octanol–water partition coefficient (Wildman–Crippen LogP) is -0.979. The van der Waals surface area contributed by atoms with Crippen molar-refractivity contribution in [3.8, 4) is 0 Å². The van der Waals surface area contributed by atoms with Crippen LogP contribution in [0.25, 0.3) is 0 Å². The Bertz CT molecular complexity index is 324. The molecule has 0 saturated heterocycles. The topological polar surface area (TPSA) is 92.3 Å². The highest BCUT2D eigenvalue weighted by Crippen LogP contribution is 1.84. The minimum absolute atomic E-state index is 0.0153. The molecule has 0 spiro atoms. The number of sulfonamides is 1. The molecule has 0 aliphatic rings. The quantitative estimate of drug-likeness (QED) is 0.556. The molecule has 2 N–H and O–H groups in total. The van der Waals surface area contributed by atoms with Crippen LogP contribution in [0, 0.1) is 0 Å². The monoisotopic (exact) mass is 236 g/mol. The van der Waals surface area contributed by atoms with Gasteiger partial charge < -0.3 is 5.32 Å². The van der Waals surface area contributed by atoms with Gasteiger partial charge in [-0.3, -0.25) is 9.59 Å². The van der Waals surface area contributed by atoms with Gasteiger partial charge >= 0.3 is 0 Å². The zero-order valence-corrected chi connectivity index (χ0v) is 9.69. The number of carbonyl (C=O) groups is 2. The molecule has 0 aliphatic carbocycles. The van der Waals surface area contributed by atoms with Crippen molar-refractivity contribution >= 4 is 21.7 Å². The fraction of sp³-hybridized carbons (Fsp3) is 0.750. The minimum Gasteiger partial charge on any atom is -0.355 e. The van der Waals surface area contributed by atoms with Gasteiger partial charge in [0.25, 0.3) is 0 Å². The van der Waals surface area contributed by atoms with E-state index in [1.807, 2.05) is 0 Å². The van der Waals surface area contributed by atoms with Crippen molar-refractivity contribution in [3.63, 3.8) is 0 Å². The SMILES string of the molecule is CCNS(=O)(=O)CCNC(=O)CC(C)=O. The molecule has 15 heavy (non-hydrogen) atoms. The van der Waals surface area contributed by atoms with E-state index in [0.29, 0.717) is 6.54 Å². The summed E-state index contributed by atoms with van der Waals surface area (Å²) in [5.41, 5.74) is 0. The lowest BCUT2D eigenvalue weighted by Crippen LogP contribution is -2.34. The molecule has 0 radical (unpaired) electrons. The number of ketones is 1. The summed E-state index contributed by atoms with van der Waals surface area (Å²) >= 11 is 0. The Morgan fingerprint density at radius 2 is 1.87 bits per heavy atom. The summed E-state index contributed by atoms with van der Waals surface area (Å²) in [6.07, 6.45) is -0.207. The molecule has 0 unspecified atom stereocenters. The number of hydrogen-bond acceptors (Lipinski definition) is 4. The number of Topliss-reactive ketones (excluding diaryl/α,β-unsaturated/α-hetero) is 1. The van der Waals surface area contributed by atoms with E-state index in [4.69, 9.17) is 0 Å². The zero-order valence-electron chi connectivity index (χ0n) is 8.87. The normalized spacial score (nSPS) is 11.1. The van der Waals surface area contributed by atoms with Crippen LogP contribution in [0.15, 0.2) is 0 Å². The van der Waals surface area contributed by atoms with Crippen LogP contribution in [-0.2, 0) is 19.6 Å². The Hall–Kier alpha value is -0.950. The van der Waals surface area contributed by atoms with E-state index < -0.39 is 15.9 Å². The standard InChI is InChI=1S/C8H16N2O4S/c1-3-10-15(13,14)5-4-9-8(12)6-7(2)11/h10H,3-6H2,1-2H3,(H,9,12). The molecule has 0 saturated carbocycles. The van der Waals surface area contributed by atoms with Crippen molar-refractivity contribution in [1.29, 1.82) is 0 Å². The van der Waals surface area contributed by atoms with E-state index in [2.05, 4.69) is 10.0 Å². The maximum Gasteiger partial charge on any atom is 0.227 e. The molecule has 0 atom stereocenters. The Kier molecular flexibility index (Phi) is 6.11. The van der Waals surface area contributed by atoms with Gasteiger partial charge in [0, 0.05) is 13.1 Å². The van der Waals surface area contributed by atoms with Gasteiger partial charge in [-0.25, -0.2) is 13.1 Å². The van der Waals surface area contributed by atoms with Crippen molar-refractivity contribution < 1.29 is 18.0 Å². The van der Waals surface area contributed by atoms with Crippen LogP contribution in [-0.4, -0.2) is 39.0 Å². The number of amides is 1. The summed E-state index contributed by atoms with van der Waals surface area (Å²) in [6, 6.07) is 0. The lowest BCUT2D eigenvalue weighted by Gasteiger charge is -2.05. The zero-order chi connectivity index (χ0) is 11.9. The largest absolute Gasteiger partial charge is 0.355 e. The Morgan fingerprint density at radius 3 is 2.33 bits per heavy atom. The average Bonchev–Trinajstić information content (AvgIpc) is 2.01. The molecule has 0 bridgehead atoms. The molecule has 0 aliphatic heterocycles. The lowest BCUT2D eigenvalue weighted by molar-refractivity contribution is -0.127. The van der Waals surface area contributed by atoms with Gasteiger partial charge in [-0.2, -0.15) is 0 Å². The minimum atomic E-state index is -3.31. The Labute approximate surface area is 89.5 Å². The van der Waals surface area contributed by atoms with Gasteiger partial charge in [0.05, 0.1) is 12.2 Å². The Morgan fingerprint density at radius 1 is 1.27 bits per heavy atom. The molecule has 0 rings (SSSR count). The summed E-state index contributed by atoms with van der Waals surface area (Å²) in [5, 5.41) is 2.35. The third-order valence-electron chi connectivity index (χ3n) is 1.47. The van der Waals surface area contributed by atoms with E-state index in [-0.39, 0.29) is 24.5 Å². The molecule has 0 aromatic carbocycles. The van der Waals surface area contributed by atoms with Crippen LogP contribution in [0.1, 0.15) is 20.3 Å². The summed E-state index contributed by atoms with van der Waals surface area (Å²) < 4.78 is 24.5. The molecular weight excluding hydrogens is 220 g/mol. The molecular formula is C8H16N2O4S. The molecule has 88 valence electrons. The van der Waals surface area contributed by atoms with Crippen LogP contribution >= 0.6 is 0 Å². The number of rotatable bonds is 7. The van der Waals surface area contributed by atoms with Crippen LogP contribution in [0.3, 0.4) is 0 Å². The first-order chi connectivity index (χ1) is 6.87. The van der Waals surface area contributed by atoms with Gasteiger partial charge in [-0.1, -0.05) is 6.92 Å². The third-order valence-corrected chi connectivity index (χ3v) is 2.94. The van der Waals surface area contributed by atoms with Crippen molar-refractivity contribution in [2.75, 3.05) is 18.8 Å². The highest BCUT2D eigenvalue weighted by Gasteiger charge is 2.09. The molecule has 6 nitrogen and oxygen atoms in total. The second kappa shape index (κ2) is 6.52. The van der Waals surface area contributed by atoms with Crippen LogP contribution in [0.4, 0.5) is 0 Å². The van der Waals surface area contributed by atoms with Gasteiger partial charge in [0.1, 0.15) is 5.78 Å². The maximum atomic E-state index is 11.1. The fourth-order valence-corrected chi connectivity index (χ4v) is 1.86. The fourth-order valence-electron chi connectivity index (χ4n) is 0.906. The van der Waals surface area contributed by atoms with Crippen LogP contribution in [0.5, 0.6) is 0 Å². The molecule has 7 heteroatoms. The summed E-state index contributed by atoms with van der Waals surface area (Å²) in [5.74, 6) is -0.874. The highest BCUT2D eigenvalue weighted by molar-refractivity contribution is 7.89. The van der Waals surface area contributed by atoms with E-state index in [0.717, 1.165) is 0 Å². The maximum absolute atomic E-state index is 11.1. The summed E-state index contributed by atoms with van der Waals surface area (Å²) in [6.45, 7) is 3.31. The van der Waals surface area contributed by atoms with Crippen molar-refractivity contribution in [3.05, 3.63) is 0 Å². The second-order valence-corrected chi connectivity index (χ2v) is 4.97. The van der Waals surface area contributed by atoms with Crippen molar-refractivity contribution in [2.24, 2.45) is 0 Å². The van der Waals surface area contributed by atoms with E-state index in [9.17, 15) is 18.0 Å². The second-order valence-electron chi connectivity index (χ2n) is 3.05. The lowest BCUT2D eigenvalue weighted by atomic mass is 10.3. The van der Waals surface area contributed by atoms with Crippen LogP contribution in [0.2, 0.25) is 0 Å². The van der Waals surface area contributed by atoms with Gasteiger partial charge in [0.2, 0.25) is 15.9 Å². The van der Waals surface area contributed by atoms with Crippen molar-refractivity contribution in [2.45, 2.75) is 20.3 Å².